The van der Waals surface area contributed by atoms with Crippen LogP contribution >= 0.6 is 0 Å². The van der Waals surface area contributed by atoms with Gasteiger partial charge in [0.15, 0.2) is 6.29 Å². The van der Waals surface area contributed by atoms with Crippen LogP contribution in [0.15, 0.2) is 30.3 Å². The van der Waals surface area contributed by atoms with Crippen molar-refractivity contribution >= 4 is 6.08 Å². The zero-order chi connectivity index (χ0) is 22.6. The van der Waals surface area contributed by atoms with Gasteiger partial charge >= 0.3 is 0 Å². The molecule has 0 aromatic heterocycles. The van der Waals surface area contributed by atoms with Gasteiger partial charge in [-0.25, -0.2) is 0 Å². The molecule has 1 aromatic rings. The molecule has 2 aliphatic rings. The van der Waals surface area contributed by atoms with E-state index in [0.717, 1.165) is 0 Å². The Balaban J connectivity index is 1.67. The first-order chi connectivity index (χ1) is 14.8. The molecule has 2 heterocycles. The normalized spacial score (nSPS) is 38.6. The Hall–Kier alpha value is -1.64. The van der Waals surface area contributed by atoms with E-state index in [1.54, 1.807) is 30.3 Å². The predicted molar refractivity (Wildman–Crippen MR) is 104 cm³/mol. The molecular formula is C20H28O11. The SMILES string of the molecule is OCC=Cc1ccccc1O[C@H]1O[C@H](CO[C@@H]2OC[C@](O)(CO)[C@H]2O)[C@@H](O)[C@H](O)[C@H]1O. The second-order valence-electron chi connectivity index (χ2n) is 7.47. The van der Waals surface area contributed by atoms with Gasteiger partial charge < -0.3 is 54.7 Å². The molecule has 8 atom stereocenters. The number of ether oxygens (including phenoxy) is 4. The van der Waals surface area contributed by atoms with Crippen molar-refractivity contribution in [1.82, 2.24) is 0 Å². The molecule has 0 spiro atoms. The standard InChI is InChI=1S/C20H28O11/c21-7-3-5-11-4-1-2-6-12(11)30-18-16(25)15(24)14(23)13(31-18)8-28-19-17(26)20(27,9-22)10-29-19/h1-6,13-19,21-27H,7-10H2/t13-,14-,15+,16-,17+,18+,19-,20-/m1/s1. The third kappa shape index (κ3) is 5.23. The lowest BCUT2D eigenvalue weighted by atomic mass is 9.99. The minimum Gasteiger partial charge on any atom is -0.461 e. The summed E-state index contributed by atoms with van der Waals surface area (Å²) >= 11 is 0. The van der Waals surface area contributed by atoms with Gasteiger partial charge in [0.25, 0.3) is 0 Å². The Labute approximate surface area is 178 Å². The third-order valence-electron chi connectivity index (χ3n) is 5.24. The summed E-state index contributed by atoms with van der Waals surface area (Å²) < 4.78 is 21.8. The first-order valence-corrected chi connectivity index (χ1v) is 9.78. The van der Waals surface area contributed by atoms with Gasteiger partial charge in [0.1, 0.15) is 41.9 Å². The average molecular weight is 444 g/mol. The molecule has 0 amide bonds. The summed E-state index contributed by atoms with van der Waals surface area (Å²) in [6, 6.07) is 6.75. The van der Waals surface area contributed by atoms with Gasteiger partial charge in [-0.2, -0.15) is 0 Å². The van der Waals surface area contributed by atoms with E-state index in [9.17, 15) is 30.6 Å². The highest BCUT2D eigenvalue weighted by molar-refractivity contribution is 5.57. The first-order valence-electron chi connectivity index (χ1n) is 9.78. The maximum atomic E-state index is 10.3. The van der Waals surface area contributed by atoms with E-state index in [0.29, 0.717) is 11.3 Å². The van der Waals surface area contributed by atoms with Crippen molar-refractivity contribution in [3.8, 4) is 5.75 Å². The van der Waals surface area contributed by atoms with Crippen molar-refractivity contribution in [2.75, 3.05) is 26.4 Å². The highest BCUT2D eigenvalue weighted by atomic mass is 16.7. The molecule has 31 heavy (non-hydrogen) atoms. The number of hydrogen-bond acceptors (Lipinski definition) is 11. The minimum absolute atomic E-state index is 0.179. The highest BCUT2D eigenvalue weighted by Crippen LogP contribution is 2.29. The fourth-order valence-corrected chi connectivity index (χ4v) is 3.31. The van der Waals surface area contributed by atoms with Gasteiger partial charge in [-0.1, -0.05) is 30.4 Å². The molecule has 3 rings (SSSR count). The number of hydrogen-bond donors (Lipinski definition) is 7. The van der Waals surface area contributed by atoms with E-state index >= 15 is 0 Å². The van der Waals surface area contributed by atoms with Gasteiger partial charge in [0.05, 0.1) is 26.4 Å². The lowest BCUT2D eigenvalue weighted by Crippen LogP contribution is -2.60. The van der Waals surface area contributed by atoms with Crippen molar-refractivity contribution in [3.63, 3.8) is 0 Å². The van der Waals surface area contributed by atoms with Crippen molar-refractivity contribution in [3.05, 3.63) is 35.9 Å². The average Bonchev–Trinajstić information content (AvgIpc) is 3.07. The minimum atomic E-state index is -1.87. The number of rotatable bonds is 8. The highest BCUT2D eigenvalue weighted by Gasteiger charge is 2.50. The van der Waals surface area contributed by atoms with Gasteiger partial charge in [-0.05, 0) is 6.07 Å². The Bertz CT molecular complexity index is 744. The van der Waals surface area contributed by atoms with E-state index in [2.05, 4.69) is 0 Å². The summed E-state index contributed by atoms with van der Waals surface area (Å²) in [5, 5.41) is 69.0. The van der Waals surface area contributed by atoms with Crippen LogP contribution in [0.3, 0.4) is 0 Å². The van der Waals surface area contributed by atoms with Gasteiger partial charge in [-0.15, -0.1) is 0 Å². The molecule has 11 heteroatoms. The maximum Gasteiger partial charge on any atom is 0.229 e. The summed E-state index contributed by atoms with van der Waals surface area (Å²) in [6.07, 6.45) is -6.97. The van der Waals surface area contributed by atoms with Crippen LogP contribution in [0, 0.1) is 0 Å². The molecule has 1 aromatic carbocycles. The van der Waals surface area contributed by atoms with Crippen molar-refractivity contribution in [2.45, 2.75) is 48.7 Å². The Morgan fingerprint density at radius 1 is 1.03 bits per heavy atom. The second kappa shape index (κ2) is 10.3. The summed E-state index contributed by atoms with van der Waals surface area (Å²) in [5.41, 5.74) is -1.28. The van der Waals surface area contributed by atoms with Crippen molar-refractivity contribution < 1.29 is 54.7 Å². The third-order valence-corrected chi connectivity index (χ3v) is 5.24. The largest absolute Gasteiger partial charge is 0.461 e. The van der Waals surface area contributed by atoms with Crippen LogP contribution in [0.25, 0.3) is 6.08 Å². The molecule has 11 nitrogen and oxygen atoms in total. The van der Waals surface area contributed by atoms with Gasteiger partial charge in [0.2, 0.25) is 6.29 Å². The van der Waals surface area contributed by atoms with E-state index in [1.165, 1.54) is 6.08 Å². The van der Waals surface area contributed by atoms with E-state index in [-0.39, 0.29) is 19.8 Å². The number of para-hydroxylation sites is 1. The molecule has 0 radical (unpaired) electrons. The van der Waals surface area contributed by atoms with Gasteiger partial charge in [0, 0.05) is 5.56 Å². The summed E-state index contributed by atoms with van der Waals surface area (Å²) in [5.74, 6) is 0.307. The molecule has 2 fully saturated rings. The van der Waals surface area contributed by atoms with Crippen LogP contribution in [-0.2, 0) is 14.2 Å². The first kappa shape index (κ1) is 24.0. The van der Waals surface area contributed by atoms with E-state index in [1.807, 2.05) is 0 Å². The molecule has 2 aliphatic heterocycles. The maximum absolute atomic E-state index is 10.3. The molecule has 174 valence electrons. The fourth-order valence-electron chi connectivity index (χ4n) is 3.31. The summed E-state index contributed by atoms with van der Waals surface area (Å²) in [6.45, 7) is -1.64. The lowest BCUT2D eigenvalue weighted by Gasteiger charge is -2.40. The fraction of sp³-hybridized carbons (Fsp3) is 0.600. The zero-order valence-electron chi connectivity index (χ0n) is 16.6. The summed E-state index contributed by atoms with van der Waals surface area (Å²) in [4.78, 5) is 0. The molecule has 2 saturated heterocycles. The van der Waals surface area contributed by atoms with Crippen LogP contribution in [0.1, 0.15) is 5.56 Å². The molecular weight excluding hydrogens is 416 g/mol. The topological polar surface area (TPSA) is 179 Å². The molecule has 0 aliphatic carbocycles. The molecule has 0 unspecified atom stereocenters. The lowest BCUT2D eigenvalue weighted by molar-refractivity contribution is -0.289. The second-order valence-corrected chi connectivity index (χ2v) is 7.47. The van der Waals surface area contributed by atoms with Crippen LogP contribution < -0.4 is 4.74 Å². The van der Waals surface area contributed by atoms with E-state index in [4.69, 9.17) is 24.1 Å². The summed E-state index contributed by atoms with van der Waals surface area (Å²) in [7, 11) is 0. The van der Waals surface area contributed by atoms with E-state index < -0.39 is 55.3 Å². The predicted octanol–water partition coefficient (Wildman–Crippen LogP) is -2.66. The van der Waals surface area contributed by atoms with Gasteiger partial charge in [-0.3, -0.25) is 0 Å². The Morgan fingerprint density at radius 2 is 1.77 bits per heavy atom. The quantitative estimate of drug-likeness (QED) is 0.222. The molecule has 0 saturated carbocycles. The monoisotopic (exact) mass is 444 g/mol. The molecule has 7 N–H and O–H groups in total. The molecule has 0 bridgehead atoms. The number of aliphatic hydroxyl groups excluding tert-OH is 6. The van der Waals surface area contributed by atoms with Crippen molar-refractivity contribution in [2.24, 2.45) is 0 Å². The Morgan fingerprint density at radius 3 is 2.45 bits per heavy atom. The van der Waals surface area contributed by atoms with Crippen molar-refractivity contribution in [1.29, 1.82) is 0 Å². The smallest absolute Gasteiger partial charge is 0.229 e. The van der Waals surface area contributed by atoms with Crippen LogP contribution in [0.2, 0.25) is 0 Å². The number of aliphatic hydroxyl groups is 7. The van der Waals surface area contributed by atoms with Crippen LogP contribution in [0.4, 0.5) is 0 Å². The van der Waals surface area contributed by atoms with Crippen LogP contribution in [0.5, 0.6) is 5.75 Å². The Kier molecular flexibility index (Phi) is 7.99. The van der Waals surface area contributed by atoms with Crippen LogP contribution in [-0.4, -0.2) is 111 Å². The zero-order valence-corrected chi connectivity index (χ0v) is 16.6. The number of benzene rings is 1.